The van der Waals surface area contributed by atoms with Gasteiger partial charge in [0.2, 0.25) is 11.8 Å². The maximum absolute atomic E-state index is 13.3. The lowest BCUT2D eigenvalue weighted by molar-refractivity contribution is -0.141. The van der Waals surface area contributed by atoms with Crippen molar-refractivity contribution in [3.05, 3.63) is 63.6 Å². The molecule has 36 heavy (non-hydrogen) atoms. The fourth-order valence-electron chi connectivity index (χ4n) is 3.85. The number of nitrogens with zero attached hydrogens (tertiary/aromatic N) is 2. The summed E-state index contributed by atoms with van der Waals surface area (Å²) in [6, 6.07) is 10.1. The number of hydrogen-bond donors (Lipinski definition) is 1. The number of sulfonamides is 1. The summed E-state index contributed by atoms with van der Waals surface area (Å²) >= 11 is 12.3. The number of halogens is 2. The van der Waals surface area contributed by atoms with Crippen LogP contribution in [0, 0.1) is 0 Å². The summed E-state index contributed by atoms with van der Waals surface area (Å²) in [7, 11) is -3.95. The van der Waals surface area contributed by atoms with Gasteiger partial charge in [-0.1, -0.05) is 48.3 Å². The number of nitrogens with one attached hydrogen (secondary N) is 1. The van der Waals surface area contributed by atoms with Crippen LogP contribution in [0.5, 0.6) is 0 Å². The normalized spacial score (nSPS) is 15.8. The first-order valence-electron chi connectivity index (χ1n) is 11.7. The molecule has 3 amide bonds. The van der Waals surface area contributed by atoms with Crippen LogP contribution in [0.15, 0.2) is 47.4 Å². The van der Waals surface area contributed by atoms with Gasteiger partial charge in [-0.25, -0.2) is 12.7 Å². The molecular weight excluding hydrogens is 525 g/mol. The molecule has 0 aliphatic carbocycles. The monoisotopic (exact) mass is 553 g/mol. The van der Waals surface area contributed by atoms with Crippen molar-refractivity contribution in [2.45, 2.75) is 63.6 Å². The Morgan fingerprint density at radius 1 is 1.11 bits per heavy atom. The van der Waals surface area contributed by atoms with Crippen LogP contribution in [0.4, 0.5) is 0 Å². The number of carbonyl (C=O) groups excluding carboxylic acids is 3. The van der Waals surface area contributed by atoms with Crippen molar-refractivity contribution >= 4 is 50.9 Å². The molecule has 0 saturated heterocycles. The Labute approximate surface area is 221 Å². The predicted molar refractivity (Wildman–Crippen MR) is 138 cm³/mol. The minimum Gasteiger partial charge on any atom is -0.352 e. The summed E-state index contributed by atoms with van der Waals surface area (Å²) in [5.41, 5.74) is 0.739. The molecule has 0 aromatic heterocycles. The van der Waals surface area contributed by atoms with E-state index in [-0.39, 0.29) is 54.2 Å². The molecule has 0 saturated carbocycles. The molecule has 0 spiro atoms. The number of fused-ring (bicyclic) bond motifs is 1. The molecule has 2 aromatic carbocycles. The van der Waals surface area contributed by atoms with E-state index in [1.165, 1.54) is 17.0 Å². The Morgan fingerprint density at radius 3 is 2.44 bits per heavy atom. The van der Waals surface area contributed by atoms with Gasteiger partial charge in [-0.2, -0.15) is 0 Å². The second-order valence-electron chi connectivity index (χ2n) is 8.73. The highest BCUT2D eigenvalue weighted by Crippen LogP contribution is 2.30. The van der Waals surface area contributed by atoms with Gasteiger partial charge >= 0.3 is 0 Å². The van der Waals surface area contributed by atoms with Crippen molar-refractivity contribution in [2.24, 2.45) is 0 Å². The van der Waals surface area contributed by atoms with Crippen LogP contribution in [-0.4, -0.2) is 54.0 Å². The maximum Gasteiger partial charge on any atom is 0.269 e. The quantitative estimate of drug-likeness (QED) is 0.473. The maximum atomic E-state index is 13.3. The average molecular weight is 554 g/mol. The summed E-state index contributed by atoms with van der Waals surface area (Å²) in [4.78, 5) is 40.1. The lowest BCUT2D eigenvalue weighted by Crippen LogP contribution is -2.49. The SMILES string of the molecule is CC[C@H](C)NC(=O)[C@@H](C)N(Cc1ccc(Cl)cc1Cl)C(=O)CCCN1C(=O)c2ccccc2S1(=O)=O. The van der Waals surface area contributed by atoms with Crippen molar-refractivity contribution in [3.8, 4) is 0 Å². The van der Waals surface area contributed by atoms with Crippen LogP contribution in [0.25, 0.3) is 0 Å². The smallest absolute Gasteiger partial charge is 0.269 e. The van der Waals surface area contributed by atoms with E-state index in [2.05, 4.69) is 5.32 Å². The van der Waals surface area contributed by atoms with Crippen molar-refractivity contribution in [1.82, 2.24) is 14.5 Å². The zero-order valence-corrected chi connectivity index (χ0v) is 22.7. The Bertz CT molecular complexity index is 1270. The lowest BCUT2D eigenvalue weighted by atomic mass is 10.1. The molecule has 11 heteroatoms. The topological polar surface area (TPSA) is 104 Å². The molecule has 1 aliphatic rings. The summed E-state index contributed by atoms with van der Waals surface area (Å²) in [6.07, 6.45) is 0.764. The molecule has 2 aromatic rings. The fourth-order valence-corrected chi connectivity index (χ4v) is 5.93. The van der Waals surface area contributed by atoms with Gasteiger partial charge in [-0.05, 0) is 56.5 Å². The number of rotatable bonds is 10. The Morgan fingerprint density at radius 2 is 1.81 bits per heavy atom. The number of amides is 3. The van der Waals surface area contributed by atoms with Gasteiger partial charge in [0, 0.05) is 35.6 Å². The standard InChI is InChI=1S/C25H29Cl2N3O5S/c1-4-16(2)28-24(32)17(3)29(15-18-11-12-19(26)14-21(18)27)23(31)10-7-13-30-25(33)20-8-5-6-9-22(20)36(30,34)35/h5-6,8-9,11-12,14,16-17H,4,7,10,13,15H2,1-3H3,(H,28,32)/t16-,17+/m0/s1. The minimum atomic E-state index is -3.95. The molecule has 0 bridgehead atoms. The molecule has 1 heterocycles. The number of hydrogen-bond acceptors (Lipinski definition) is 5. The van der Waals surface area contributed by atoms with Gasteiger partial charge in [-0.3, -0.25) is 14.4 Å². The fraction of sp³-hybridized carbons (Fsp3) is 0.400. The second-order valence-corrected chi connectivity index (χ2v) is 11.4. The van der Waals surface area contributed by atoms with Gasteiger partial charge < -0.3 is 10.2 Å². The van der Waals surface area contributed by atoms with Crippen LogP contribution < -0.4 is 5.32 Å². The third-order valence-corrected chi connectivity index (χ3v) is 8.62. The van der Waals surface area contributed by atoms with Crippen molar-refractivity contribution in [3.63, 3.8) is 0 Å². The molecule has 0 radical (unpaired) electrons. The first-order chi connectivity index (χ1) is 17.0. The largest absolute Gasteiger partial charge is 0.352 e. The molecule has 0 fully saturated rings. The van der Waals surface area contributed by atoms with Crippen molar-refractivity contribution in [1.29, 1.82) is 0 Å². The van der Waals surface area contributed by atoms with E-state index in [4.69, 9.17) is 23.2 Å². The molecule has 2 atom stereocenters. The van der Waals surface area contributed by atoms with Crippen LogP contribution in [0.1, 0.15) is 56.0 Å². The summed E-state index contributed by atoms with van der Waals surface area (Å²) in [6.45, 7) is 5.36. The summed E-state index contributed by atoms with van der Waals surface area (Å²) in [5.74, 6) is -1.28. The van der Waals surface area contributed by atoms with Gasteiger partial charge in [0.25, 0.3) is 15.9 Å². The highest BCUT2D eigenvalue weighted by molar-refractivity contribution is 7.90. The van der Waals surface area contributed by atoms with E-state index < -0.39 is 22.0 Å². The zero-order valence-electron chi connectivity index (χ0n) is 20.3. The number of benzene rings is 2. The molecule has 8 nitrogen and oxygen atoms in total. The minimum absolute atomic E-state index is 0.0318. The van der Waals surface area contributed by atoms with Crippen molar-refractivity contribution < 1.29 is 22.8 Å². The van der Waals surface area contributed by atoms with E-state index in [1.807, 2.05) is 13.8 Å². The zero-order chi connectivity index (χ0) is 26.6. The first-order valence-corrected chi connectivity index (χ1v) is 13.9. The van der Waals surface area contributed by atoms with Crippen LogP contribution >= 0.6 is 23.2 Å². The molecule has 194 valence electrons. The predicted octanol–water partition coefficient (Wildman–Crippen LogP) is 4.25. The van der Waals surface area contributed by atoms with Gasteiger partial charge in [0.1, 0.15) is 10.9 Å². The highest BCUT2D eigenvalue weighted by Gasteiger charge is 2.40. The van der Waals surface area contributed by atoms with Gasteiger partial charge in [0.15, 0.2) is 0 Å². The summed E-state index contributed by atoms with van der Waals surface area (Å²) < 4.78 is 26.3. The second kappa shape index (κ2) is 11.6. The Hall–Kier alpha value is -2.62. The Balaban J connectivity index is 1.74. The van der Waals surface area contributed by atoms with E-state index in [1.54, 1.807) is 37.3 Å². The molecule has 1 N–H and O–H groups in total. The van der Waals surface area contributed by atoms with Gasteiger partial charge in [0.05, 0.1) is 5.56 Å². The van der Waals surface area contributed by atoms with Gasteiger partial charge in [-0.15, -0.1) is 0 Å². The molecule has 0 unspecified atom stereocenters. The van der Waals surface area contributed by atoms with E-state index >= 15 is 0 Å². The highest BCUT2D eigenvalue weighted by atomic mass is 35.5. The van der Waals surface area contributed by atoms with Crippen LogP contribution in [0.2, 0.25) is 10.0 Å². The van der Waals surface area contributed by atoms with E-state index in [9.17, 15) is 22.8 Å². The van der Waals surface area contributed by atoms with E-state index in [0.717, 1.165) is 10.7 Å². The summed E-state index contributed by atoms with van der Waals surface area (Å²) in [5, 5.41) is 3.69. The molecular formula is C25H29Cl2N3O5S. The van der Waals surface area contributed by atoms with Crippen molar-refractivity contribution in [2.75, 3.05) is 6.54 Å². The average Bonchev–Trinajstić information content (AvgIpc) is 3.03. The number of carbonyl (C=O) groups is 3. The molecule has 1 aliphatic heterocycles. The Kier molecular flexibility index (Phi) is 9.03. The van der Waals surface area contributed by atoms with Crippen LogP contribution in [0.3, 0.4) is 0 Å². The van der Waals surface area contributed by atoms with Crippen LogP contribution in [-0.2, 0) is 26.2 Å². The third kappa shape index (κ3) is 6.02. The molecule has 3 rings (SSSR count). The lowest BCUT2D eigenvalue weighted by Gasteiger charge is -2.30. The van der Waals surface area contributed by atoms with E-state index in [0.29, 0.717) is 15.6 Å². The first kappa shape index (κ1) is 28.0. The third-order valence-electron chi connectivity index (χ3n) is 6.19.